The van der Waals surface area contributed by atoms with Crippen LogP contribution in [0.4, 0.5) is 0 Å². The first-order chi connectivity index (χ1) is 12.2. The molecular weight excluding hydrogens is 330 g/mol. The van der Waals surface area contributed by atoms with E-state index in [9.17, 15) is 4.79 Å². The Morgan fingerprint density at radius 3 is 2.76 bits per heavy atom. The highest BCUT2D eigenvalue weighted by atomic mass is 32.1. The fraction of sp³-hybridized carbons (Fsp3) is 0.750. The van der Waals surface area contributed by atoms with Crippen LogP contribution in [0.25, 0.3) is 0 Å². The Balaban J connectivity index is 1.38. The van der Waals surface area contributed by atoms with Gasteiger partial charge < -0.3 is 4.90 Å². The molecule has 0 radical (unpaired) electrons. The minimum atomic E-state index is 0.231. The quantitative estimate of drug-likeness (QED) is 0.779. The molecule has 5 heterocycles. The lowest BCUT2D eigenvalue weighted by molar-refractivity contribution is -0.139. The van der Waals surface area contributed by atoms with Gasteiger partial charge >= 0.3 is 0 Å². The monoisotopic (exact) mass is 361 g/mol. The first kappa shape index (κ1) is 17.5. The van der Waals surface area contributed by atoms with Crippen LogP contribution < -0.4 is 0 Å². The van der Waals surface area contributed by atoms with Crippen molar-refractivity contribution < 1.29 is 4.79 Å². The van der Waals surface area contributed by atoms with Gasteiger partial charge in [0.2, 0.25) is 5.91 Å². The van der Waals surface area contributed by atoms with E-state index >= 15 is 0 Å². The van der Waals surface area contributed by atoms with Crippen molar-refractivity contribution in [3.8, 4) is 0 Å². The van der Waals surface area contributed by atoms with Gasteiger partial charge in [-0.3, -0.25) is 14.6 Å². The maximum atomic E-state index is 12.7. The van der Waals surface area contributed by atoms with Gasteiger partial charge in [0.05, 0.1) is 5.92 Å². The summed E-state index contributed by atoms with van der Waals surface area (Å²) in [5.41, 5.74) is 1.48. The first-order valence-electron chi connectivity index (χ1n) is 10.0. The molecule has 4 aliphatic rings. The molecule has 25 heavy (non-hydrogen) atoms. The van der Waals surface area contributed by atoms with Crippen molar-refractivity contribution in [3.63, 3.8) is 0 Å². The number of thiophene rings is 1. The zero-order valence-electron chi connectivity index (χ0n) is 15.5. The van der Waals surface area contributed by atoms with E-state index in [1.54, 1.807) is 0 Å². The summed E-state index contributed by atoms with van der Waals surface area (Å²) in [6, 6.07) is 2.84. The van der Waals surface area contributed by atoms with Crippen LogP contribution in [0, 0.1) is 5.92 Å². The summed E-state index contributed by atoms with van der Waals surface area (Å²) < 4.78 is 0. The molecule has 5 rings (SSSR count). The number of hydrogen-bond acceptors (Lipinski definition) is 4. The van der Waals surface area contributed by atoms with Crippen molar-refractivity contribution in [2.45, 2.75) is 58.2 Å². The average molecular weight is 362 g/mol. The highest BCUT2D eigenvalue weighted by Crippen LogP contribution is 2.30. The molecular formula is C20H31N3OS. The van der Waals surface area contributed by atoms with Crippen LogP contribution in [0.2, 0.25) is 0 Å². The molecule has 0 aliphatic carbocycles. The zero-order chi connectivity index (χ0) is 17.2. The van der Waals surface area contributed by atoms with Crippen molar-refractivity contribution in [2.24, 2.45) is 5.92 Å². The van der Waals surface area contributed by atoms with Crippen LogP contribution >= 0.6 is 11.3 Å². The second kappa shape index (κ2) is 7.77. The van der Waals surface area contributed by atoms with E-state index in [2.05, 4.69) is 33.1 Å². The van der Waals surface area contributed by atoms with Crippen LogP contribution in [0.1, 0.15) is 49.5 Å². The normalized spacial score (nSPS) is 28.0. The maximum Gasteiger partial charge on any atom is 0.227 e. The van der Waals surface area contributed by atoms with Crippen LogP contribution in [0.5, 0.6) is 0 Å². The van der Waals surface area contributed by atoms with Gasteiger partial charge in [-0.1, -0.05) is 6.92 Å². The number of amides is 1. The largest absolute Gasteiger partial charge is 0.338 e. The molecule has 4 nitrogen and oxygen atoms in total. The maximum absolute atomic E-state index is 12.7. The molecule has 4 fully saturated rings. The number of likely N-dealkylation sites (tertiary alicyclic amines) is 1. The molecule has 0 unspecified atom stereocenters. The topological polar surface area (TPSA) is 26.8 Å². The van der Waals surface area contributed by atoms with Gasteiger partial charge in [-0.05, 0) is 62.2 Å². The van der Waals surface area contributed by atoms with Gasteiger partial charge in [0, 0.05) is 43.6 Å². The van der Waals surface area contributed by atoms with Crippen molar-refractivity contribution >= 4 is 17.2 Å². The third-order valence-corrected chi connectivity index (χ3v) is 7.00. The van der Waals surface area contributed by atoms with E-state index in [4.69, 9.17) is 0 Å². The van der Waals surface area contributed by atoms with Gasteiger partial charge in [-0.15, -0.1) is 11.3 Å². The van der Waals surface area contributed by atoms with E-state index < -0.39 is 0 Å². The van der Waals surface area contributed by atoms with Gasteiger partial charge in [-0.25, -0.2) is 0 Å². The fourth-order valence-corrected chi connectivity index (χ4v) is 5.73. The summed E-state index contributed by atoms with van der Waals surface area (Å²) in [7, 11) is 0. The summed E-state index contributed by atoms with van der Waals surface area (Å²) >= 11 is 1.90. The predicted molar refractivity (Wildman–Crippen MR) is 103 cm³/mol. The Kier molecular flexibility index (Phi) is 5.44. The van der Waals surface area contributed by atoms with E-state index in [1.807, 2.05) is 11.3 Å². The molecule has 0 saturated carbocycles. The highest BCUT2D eigenvalue weighted by Gasteiger charge is 2.40. The number of nitrogens with zero attached hydrogens (tertiary/aromatic N) is 3. The lowest BCUT2D eigenvalue weighted by atomic mass is 9.94. The molecule has 0 spiro atoms. The molecule has 0 N–H and O–H groups in total. The smallest absolute Gasteiger partial charge is 0.227 e. The minimum absolute atomic E-state index is 0.231. The van der Waals surface area contributed by atoms with Gasteiger partial charge in [0.1, 0.15) is 0 Å². The Morgan fingerprint density at radius 2 is 1.96 bits per heavy atom. The minimum Gasteiger partial charge on any atom is -0.338 e. The molecule has 1 amide bonds. The Bertz CT molecular complexity index is 596. The standard InChI is InChI=1S/C20H31N3OS/c1-2-7-23-18-6-5-17(20(23)24)12-22(13-18)14-19-10-16(15-25-19)11-21-8-3-4-9-21/h10,15,17-18H,2-9,11-14H2,1H3/t17-,18+/m0/s1. The van der Waals surface area contributed by atoms with E-state index in [0.29, 0.717) is 11.9 Å². The molecule has 138 valence electrons. The van der Waals surface area contributed by atoms with Gasteiger partial charge in [0.25, 0.3) is 0 Å². The van der Waals surface area contributed by atoms with Crippen molar-refractivity contribution in [3.05, 3.63) is 21.9 Å². The lowest BCUT2D eigenvalue weighted by Crippen LogP contribution is -2.48. The zero-order valence-corrected chi connectivity index (χ0v) is 16.3. The highest BCUT2D eigenvalue weighted by molar-refractivity contribution is 7.10. The van der Waals surface area contributed by atoms with Crippen LogP contribution in [0.15, 0.2) is 11.4 Å². The summed E-state index contributed by atoms with van der Waals surface area (Å²) in [5.74, 6) is 0.649. The third kappa shape index (κ3) is 3.93. The van der Waals surface area contributed by atoms with Crippen LogP contribution in [0.3, 0.4) is 0 Å². The van der Waals surface area contributed by atoms with Crippen molar-refractivity contribution in [1.29, 1.82) is 0 Å². The SMILES string of the molecule is CCCN1C(=O)[C@H]2CC[C@@H]1CN(Cc1cc(CN3CCCC3)cs1)C2. The summed E-state index contributed by atoms with van der Waals surface area (Å²) in [6.45, 7) is 9.78. The molecule has 0 aromatic carbocycles. The average Bonchev–Trinajstić information content (AvgIpc) is 3.19. The second-order valence-corrected chi connectivity index (χ2v) is 9.05. The summed E-state index contributed by atoms with van der Waals surface area (Å²) in [4.78, 5) is 21.4. The van der Waals surface area contributed by atoms with Crippen molar-refractivity contribution in [1.82, 2.24) is 14.7 Å². The lowest BCUT2D eigenvalue weighted by Gasteiger charge is -2.35. The Morgan fingerprint density at radius 1 is 1.12 bits per heavy atom. The fourth-order valence-electron chi connectivity index (χ4n) is 4.80. The molecule has 2 atom stereocenters. The molecule has 1 aromatic rings. The first-order valence-corrected chi connectivity index (χ1v) is 10.9. The van der Waals surface area contributed by atoms with E-state index in [1.165, 1.54) is 42.8 Å². The molecule has 1 aromatic heterocycles. The molecule has 5 heteroatoms. The van der Waals surface area contributed by atoms with Crippen LogP contribution in [-0.2, 0) is 17.9 Å². The number of piperidine rings is 1. The molecule has 4 aliphatic heterocycles. The second-order valence-electron chi connectivity index (χ2n) is 8.06. The predicted octanol–water partition coefficient (Wildman–Crippen LogP) is 3.18. The number of carbonyl (C=O) groups excluding carboxylic acids is 1. The van der Waals surface area contributed by atoms with Crippen molar-refractivity contribution in [2.75, 3.05) is 32.7 Å². The van der Waals surface area contributed by atoms with Crippen LogP contribution in [-0.4, -0.2) is 59.4 Å². The van der Waals surface area contributed by atoms with Gasteiger partial charge in [-0.2, -0.15) is 0 Å². The number of carbonyl (C=O) groups is 1. The third-order valence-electron chi connectivity index (χ3n) is 6.03. The number of hydrogen-bond donors (Lipinski definition) is 0. The summed E-state index contributed by atoms with van der Waals surface area (Å²) in [6.07, 6.45) is 6.06. The van der Waals surface area contributed by atoms with E-state index in [-0.39, 0.29) is 5.92 Å². The van der Waals surface area contributed by atoms with Gasteiger partial charge in [0.15, 0.2) is 0 Å². The molecule has 4 saturated heterocycles. The summed E-state index contributed by atoms with van der Waals surface area (Å²) in [5, 5.41) is 2.34. The Hall–Kier alpha value is -0.910. The van der Waals surface area contributed by atoms with E-state index in [0.717, 1.165) is 45.6 Å². The Labute approximate surface area is 155 Å². The molecule has 2 bridgehead atoms. The number of fused-ring (bicyclic) bond motifs is 4. The number of rotatable bonds is 6.